The van der Waals surface area contributed by atoms with E-state index in [0.29, 0.717) is 13.1 Å². The van der Waals surface area contributed by atoms with Crippen LogP contribution < -0.4 is 19.7 Å². The molecule has 0 spiro atoms. The van der Waals surface area contributed by atoms with Crippen LogP contribution in [0.3, 0.4) is 0 Å². The predicted molar refractivity (Wildman–Crippen MR) is 114 cm³/mol. The Bertz CT molecular complexity index is 799. The molecule has 1 fully saturated rings. The standard InChI is InChI=1S/C23H29N3O3/c1-28-20-9-7-19(8-10-20)26-12-4-11-25(13-14-26)17-23(27)24-16-21-15-18-5-2-3-6-22(18)29-21/h2-3,5-10,21H,4,11-17H2,1H3,(H,24,27). The number of nitrogens with one attached hydrogen (secondary N) is 1. The Kier molecular flexibility index (Phi) is 6.20. The van der Waals surface area contributed by atoms with Crippen LogP contribution in [0.1, 0.15) is 12.0 Å². The maximum atomic E-state index is 12.4. The van der Waals surface area contributed by atoms with E-state index in [0.717, 1.165) is 50.5 Å². The van der Waals surface area contributed by atoms with E-state index in [1.54, 1.807) is 7.11 Å². The highest BCUT2D eigenvalue weighted by atomic mass is 16.5. The number of hydrogen-bond donors (Lipinski definition) is 1. The summed E-state index contributed by atoms with van der Waals surface area (Å²) in [6.07, 6.45) is 1.93. The molecule has 2 aromatic rings. The maximum Gasteiger partial charge on any atom is 0.234 e. The Hall–Kier alpha value is -2.73. The molecule has 0 bridgehead atoms. The fourth-order valence-corrected chi connectivity index (χ4v) is 4.03. The first-order chi connectivity index (χ1) is 14.2. The molecule has 4 rings (SSSR count). The van der Waals surface area contributed by atoms with Gasteiger partial charge >= 0.3 is 0 Å². The minimum atomic E-state index is 0.0334. The van der Waals surface area contributed by atoms with Crippen LogP contribution in [-0.2, 0) is 11.2 Å². The molecule has 0 radical (unpaired) electrons. The van der Waals surface area contributed by atoms with Crippen molar-refractivity contribution in [1.82, 2.24) is 10.2 Å². The third-order valence-corrected chi connectivity index (χ3v) is 5.63. The van der Waals surface area contributed by atoms with Crippen molar-refractivity contribution in [2.24, 2.45) is 0 Å². The lowest BCUT2D eigenvalue weighted by Gasteiger charge is -2.23. The fourth-order valence-electron chi connectivity index (χ4n) is 4.03. The van der Waals surface area contributed by atoms with Gasteiger partial charge in [0.05, 0.1) is 20.2 Å². The van der Waals surface area contributed by atoms with Gasteiger partial charge in [-0.2, -0.15) is 0 Å². The average molecular weight is 396 g/mol. The normalized spacial score (nSPS) is 19.2. The van der Waals surface area contributed by atoms with Gasteiger partial charge in [0.15, 0.2) is 0 Å². The summed E-state index contributed by atoms with van der Waals surface area (Å²) in [6, 6.07) is 16.3. The van der Waals surface area contributed by atoms with Crippen molar-refractivity contribution < 1.29 is 14.3 Å². The Balaban J connectivity index is 1.21. The average Bonchev–Trinajstić information content (AvgIpc) is 3.03. The number of amides is 1. The molecule has 6 nitrogen and oxygen atoms in total. The number of nitrogens with zero attached hydrogens (tertiary/aromatic N) is 2. The highest BCUT2D eigenvalue weighted by Gasteiger charge is 2.23. The second-order valence-electron chi connectivity index (χ2n) is 7.67. The molecule has 2 aromatic carbocycles. The van der Waals surface area contributed by atoms with Crippen LogP contribution in [-0.4, -0.2) is 63.3 Å². The molecule has 2 heterocycles. The Labute approximate surface area is 172 Å². The van der Waals surface area contributed by atoms with Crippen LogP contribution in [0.2, 0.25) is 0 Å². The minimum absolute atomic E-state index is 0.0334. The molecule has 0 aromatic heterocycles. The summed E-state index contributed by atoms with van der Waals surface area (Å²) in [5, 5.41) is 3.05. The summed E-state index contributed by atoms with van der Waals surface area (Å²) in [4.78, 5) is 17.1. The molecule has 0 saturated carbocycles. The number of ether oxygens (including phenoxy) is 2. The molecule has 2 aliphatic heterocycles. The summed E-state index contributed by atoms with van der Waals surface area (Å²) in [5.41, 5.74) is 2.42. The molecule has 1 saturated heterocycles. The lowest BCUT2D eigenvalue weighted by Crippen LogP contribution is -2.42. The van der Waals surface area contributed by atoms with Crippen molar-refractivity contribution in [2.75, 3.05) is 51.3 Å². The van der Waals surface area contributed by atoms with Crippen LogP contribution >= 0.6 is 0 Å². The summed E-state index contributed by atoms with van der Waals surface area (Å²) in [6.45, 7) is 4.73. The summed E-state index contributed by atoms with van der Waals surface area (Å²) in [5.74, 6) is 1.89. The zero-order valence-electron chi connectivity index (χ0n) is 17.0. The number of carbonyl (C=O) groups excluding carboxylic acids is 1. The van der Waals surface area contributed by atoms with Gasteiger partial charge in [-0.1, -0.05) is 18.2 Å². The van der Waals surface area contributed by atoms with Gasteiger partial charge in [-0.25, -0.2) is 0 Å². The molecule has 1 N–H and O–H groups in total. The predicted octanol–water partition coefficient (Wildman–Crippen LogP) is 2.33. The molecule has 154 valence electrons. The number of methoxy groups -OCH3 is 1. The summed E-state index contributed by atoms with van der Waals surface area (Å²) >= 11 is 0. The summed E-state index contributed by atoms with van der Waals surface area (Å²) < 4.78 is 11.1. The maximum absolute atomic E-state index is 12.4. The molecule has 0 aliphatic carbocycles. The lowest BCUT2D eigenvalue weighted by molar-refractivity contribution is -0.122. The second-order valence-corrected chi connectivity index (χ2v) is 7.67. The van der Waals surface area contributed by atoms with Gasteiger partial charge in [-0.15, -0.1) is 0 Å². The molecular formula is C23H29N3O3. The first-order valence-corrected chi connectivity index (χ1v) is 10.3. The van der Waals surface area contributed by atoms with E-state index in [2.05, 4.69) is 33.3 Å². The number of hydrogen-bond acceptors (Lipinski definition) is 5. The monoisotopic (exact) mass is 395 g/mol. The molecule has 1 amide bonds. The Morgan fingerprint density at radius 1 is 1.10 bits per heavy atom. The third kappa shape index (κ3) is 5.01. The van der Waals surface area contributed by atoms with Crippen molar-refractivity contribution >= 4 is 11.6 Å². The van der Waals surface area contributed by atoms with Gasteiger partial charge in [0.1, 0.15) is 17.6 Å². The van der Waals surface area contributed by atoms with Crippen molar-refractivity contribution in [3.05, 3.63) is 54.1 Å². The van der Waals surface area contributed by atoms with Crippen molar-refractivity contribution in [1.29, 1.82) is 0 Å². The molecule has 1 unspecified atom stereocenters. The zero-order valence-corrected chi connectivity index (χ0v) is 17.0. The lowest BCUT2D eigenvalue weighted by atomic mass is 10.1. The highest BCUT2D eigenvalue weighted by molar-refractivity contribution is 5.78. The van der Waals surface area contributed by atoms with Crippen LogP contribution in [0.5, 0.6) is 11.5 Å². The van der Waals surface area contributed by atoms with Crippen molar-refractivity contribution in [3.63, 3.8) is 0 Å². The topological polar surface area (TPSA) is 54.0 Å². The van der Waals surface area contributed by atoms with Gasteiger partial charge in [-0.05, 0) is 42.3 Å². The number of benzene rings is 2. The van der Waals surface area contributed by atoms with E-state index in [1.807, 2.05) is 30.3 Å². The minimum Gasteiger partial charge on any atom is -0.497 e. The second kappa shape index (κ2) is 9.18. The first kappa shape index (κ1) is 19.6. The zero-order chi connectivity index (χ0) is 20.1. The molecule has 6 heteroatoms. The summed E-state index contributed by atoms with van der Waals surface area (Å²) in [7, 11) is 1.68. The number of rotatable bonds is 6. The SMILES string of the molecule is COc1ccc(N2CCCN(CC(=O)NCC3Cc4ccccc4O3)CC2)cc1. The number of anilines is 1. The highest BCUT2D eigenvalue weighted by Crippen LogP contribution is 2.27. The van der Waals surface area contributed by atoms with Crippen LogP contribution in [0.25, 0.3) is 0 Å². The van der Waals surface area contributed by atoms with Crippen LogP contribution in [0.4, 0.5) is 5.69 Å². The van der Waals surface area contributed by atoms with Crippen molar-refractivity contribution in [3.8, 4) is 11.5 Å². The molecule has 2 aliphatic rings. The van der Waals surface area contributed by atoms with E-state index in [-0.39, 0.29) is 12.0 Å². The van der Waals surface area contributed by atoms with Gasteiger partial charge in [0.2, 0.25) is 5.91 Å². The molecular weight excluding hydrogens is 366 g/mol. The van der Waals surface area contributed by atoms with Gasteiger partial charge in [0.25, 0.3) is 0 Å². The van der Waals surface area contributed by atoms with Crippen LogP contribution in [0, 0.1) is 0 Å². The quantitative estimate of drug-likeness (QED) is 0.814. The van der Waals surface area contributed by atoms with Gasteiger partial charge in [0, 0.05) is 38.3 Å². The van der Waals surface area contributed by atoms with Crippen LogP contribution in [0.15, 0.2) is 48.5 Å². The number of carbonyl (C=O) groups is 1. The Morgan fingerprint density at radius 2 is 1.93 bits per heavy atom. The van der Waals surface area contributed by atoms with E-state index >= 15 is 0 Å². The fraction of sp³-hybridized carbons (Fsp3) is 0.435. The number of para-hydroxylation sites is 1. The molecule has 1 atom stereocenters. The smallest absolute Gasteiger partial charge is 0.234 e. The molecule has 29 heavy (non-hydrogen) atoms. The first-order valence-electron chi connectivity index (χ1n) is 10.3. The van der Waals surface area contributed by atoms with E-state index < -0.39 is 0 Å². The van der Waals surface area contributed by atoms with E-state index in [9.17, 15) is 4.79 Å². The number of fused-ring (bicyclic) bond motifs is 1. The van der Waals surface area contributed by atoms with E-state index in [1.165, 1.54) is 11.3 Å². The van der Waals surface area contributed by atoms with Gasteiger partial charge in [-0.3, -0.25) is 9.69 Å². The third-order valence-electron chi connectivity index (χ3n) is 5.63. The van der Waals surface area contributed by atoms with Gasteiger partial charge < -0.3 is 19.7 Å². The largest absolute Gasteiger partial charge is 0.497 e. The van der Waals surface area contributed by atoms with Crippen molar-refractivity contribution in [2.45, 2.75) is 18.9 Å². The van der Waals surface area contributed by atoms with E-state index in [4.69, 9.17) is 9.47 Å². The Morgan fingerprint density at radius 3 is 2.72 bits per heavy atom.